The van der Waals surface area contributed by atoms with E-state index < -0.39 is 0 Å². The monoisotopic (exact) mass is 393 g/mol. The molecule has 1 amide bonds. The Morgan fingerprint density at radius 2 is 2.26 bits per heavy atom. The molecular weight excluding hydrogens is 370 g/mol. The Kier molecular flexibility index (Phi) is 7.20. The number of carbonyl (C=O) groups is 1. The summed E-state index contributed by atoms with van der Waals surface area (Å²) >= 11 is 6.03. The Labute approximate surface area is 163 Å². The number of carbonyl (C=O) groups excluding carboxylic acids is 1. The fourth-order valence-electron chi connectivity index (χ4n) is 3.19. The van der Waals surface area contributed by atoms with Crippen molar-refractivity contribution in [2.24, 2.45) is 0 Å². The highest BCUT2D eigenvalue weighted by molar-refractivity contribution is 6.30. The van der Waals surface area contributed by atoms with Crippen molar-refractivity contribution in [2.75, 3.05) is 26.9 Å². The third-order valence-corrected chi connectivity index (χ3v) is 4.74. The molecule has 0 spiro atoms. The van der Waals surface area contributed by atoms with Gasteiger partial charge in [-0.1, -0.05) is 28.9 Å². The molecule has 2 aromatic rings. The summed E-state index contributed by atoms with van der Waals surface area (Å²) < 4.78 is 15.6. The molecule has 0 bridgehead atoms. The molecule has 1 aliphatic heterocycles. The van der Waals surface area contributed by atoms with Crippen LogP contribution in [-0.4, -0.2) is 47.8 Å². The lowest BCUT2D eigenvalue weighted by atomic mass is 10.00. The predicted octanol–water partition coefficient (Wildman–Crippen LogP) is 3.18. The lowest BCUT2D eigenvalue weighted by Crippen LogP contribution is -2.39. The Hall–Kier alpha value is -1.96. The molecule has 0 aliphatic carbocycles. The molecule has 1 atom stereocenters. The van der Waals surface area contributed by atoms with Gasteiger partial charge >= 0.3 is 0 Å². The van der Waals surface area contributed by atoms with E-state index in [9.17, 15) is 4.79 Å². The number of likely N-dealkylation sites (tertiary alicyclic amines) is 1. The molecule has 8 heteroatoms. The minimum Gasteiger partial charge on any atom is -0.382 e. The van der Waals surface area contributed by atoms with Gasteiger partial charge in [0.1, 0.15) is 6.61 Å². The number of methoxy groups -OCH3 is 1. The minimum absolute atomic E-state index is 0.0460. The zero-order chi connectivity index (χ0) is 19.1. The second kappa shape index (κ2) is 9.82. The smallest absolute Gasteiger partial charge is 0.252 e. The summed E-state index contributed by atoms with van der Waals surface area (Å²) in [6.45, 7) is 1.90. The average Bonchev–Trinajstić information content (AvgIpc) is 3.14. The van der Waals surface area contributed by atoms with Crippen LogP contribution in [0.5, 0.6) is 0 Å². The van der Waals surface area contributed by atoms with E-state index in [0.29, 0.717) is 42.9 Å². The summed E-state index contributed by atoms with van der Waals surface area (Å²) in [7, 11) is 1.62. The molecule has 27 heavy (non-hydrogen) atoms. The van der Waals surface area contributed by atoms with E-state index in [0.717, 1.165) is 24.8 Å². The number of ether oxygens (including phenoxy) is 2. The van der Waals surface area contributed by atoms with Crippen LogP contribution in [0.3, 0.4) is 0 Å². The SMILES string of the molecule is COCCOCc1nc(C2CCCCN2C(=O)Cc2cccc(Cl)c2)no1. The molecule has 0 saturated carbocycles. The van der Waals surface area contributed by atoms with Crippen molar-refractivity contribution in [3.63, 3.8) is 0 Å². The van der Waals surface area contributed by atoms with Crippen molar-refractivity contribution in [3.05, 3.63) is 46.6 Å². The first kappa shape index (κ1) is 19.8. The zero-order valence-electron chi connectivity index (χ0n) is 15.4. The maximum Gasteiger partial charge on any atom is 0.252 e. The molecule has 1 unspecified atom stereocenters. The van der Waals surface area contributed by atoms with Gasteiger partial charge in [-0.3, -0.25) is 4.79 Å². The van der Waals surface area contributed by atoms with Gasteiger partial charge in [-0.15, -0.1) is 0 Å². The van der Waals surface area contributed by atoms with Gasteiger partial charge in [0.05, 0.1) is 25.7 Å². The van der Waals surface area contributed by atoms with Crippen molar-refractivity contribution < 1.29 is 18.8 Å². The van der Waals surface area contributed by atoms with E-state index in [1.54, 1.807) is 13.2 Å². The first-order chi connectivity index (χ1) is 13.2. The van der Waals surface area contributed by atoms with Crippen LogP contribution < -0.4 is 0 Å². The molecule has 1 aliphatic rings. The van der Waals surface area contributed by atoms with E-state index in [4.69, 9.17) is 25.6 Å². The van der Waals surface area contributed by atoms with Gasteiger partial charge in [0.15, 0.2) is 5.82 Å². The highest BCUT2D eigenvalue weighted by Gasteiger charge is 2.31. The van der Waals surface area contributed by atoms with Gasteiger partial charge in [0, 0.05) is 18.7 Å². The standard InChI is InChI=1S/C19H24ClN3O4/c1-25-9-10-26-13-17-21-19(22-27-17)16-7-2-3-8-23(16)18(24)12-14-5-4-6-15(20)11-14/h4-6,11,16H,2-3,7-10,12-13H2,1H3. The highest BCUT2D eigenvalue weighted by atomic mass is 35.5. The molecule has 7 nitrogen and oxygen atoms in total. The Bertz CT molecular complexity index is 752. The summed E-state index contributed by atoms with van der Waals surface area (Å²) in [6, 6.07) is 7.22. The Morgan fingerprint density at radius 3 is 3.07 bits per heavy atom. The molecule has 0 N–H and O–H groups in total. The minimum atomic E-state index is -0.165. The molecule has 0 radical (unpaired) electrons. The number of halogens is 1. The first-order valence-corrected chi connectivity index (χ1v) is 9.48. The van der Waals surface area contributed by atoms with Crippen LogP contribution >= 0.6 is 11.6 Å². The zero-order valence-corrected chi connectivity index (χ0v) is 16.2. The van der Waals surface area contributed by atoms with Gasteiger partial charge < -0.3 is 18.9 Å². The fourth-order valence-corrected chi connectivity index (χ4v) is 3.40. The second-order valence-electron chi connectivity index (χ2n) is 6.50. The van der Waals surface area contributed by atoms with Gasteiger partial charge in [-0.05, 0) is 37.0 Å². The van der Waals surface area contributed by atoms with E-state index in [1.165, 1.54) is 0 Å². The van der Waals surface area contributed by atoms with Crippen LogP contribution in [0, 0.1) is 0 Å². The van der Waals surface area contributed by atoms with Crippen molar-refractivity contribution in [1.82, 2.24) is 15.0 Å². The summed E-state index contributed by atoms with van der Waals surface area (Å²) in [5.74, 6) is 0.998. The molecule has 146 valence electrons. The highest BCUT2D eigenvalue weighted by Crippen LogP contribution is 2.30. The molecule has 1 aromatic carbocycles. The largest absolute Gasteiger partial charge is 0.382 e. The van der Waals surface area contributed by atoms with Crippen LogP contribution in [0.4, 0.5) is 0 Å². The van der Waals surface area contributed by atoms with Gasteiger partial charge in [0.25, 0.3) is 5.89 Å². The summed E-state index contributed by atoms with van der Waals surface area (Å²) in [6.07, 6.45) is 3.13. The Balaban J connectivity index is 1.64. The van der Waals surface area contributed by atoms with Crippen molar-refractivity contribution in [3.8, 4) is 0 Å². The number of rotatable bonds is 8. The summed E-state index contributed by atoms with van der Waals surface area (Å²) in [5.41, 5.74) is 0.900. The van der Waals surface area contributed by atoms with Gasteiger partial charge in [0.2, 0.25) is 5.91 Å². The van der Waals surface area contributed by atoms with Crippen LogP contribution in [0.15, 0.2) is 28.8 Å². The normalized spacial score (nSPS) is 17.3. The molecule has 1 fully saturated rings. The maximum absolute atomic E-state index is 12.9. The van der Waals surface area contributed by atoms with E-state index in [-0.39, 0.29) is 18.6 Å². The summed E-state index contributed by atoms with van der Waals surface area (Å²) in [5, 5.41) is 4.71. The number of piperidine rings is 1. The van der Waals surface area contributed by atoms with E-state index in [2.05, 4.69) is 10.1 Å². The third-order valence-electron chi connectivity index (χ3n) is 4.51. The van der Waals surface area contributed by atoms with Crippen LogP contribution in [-0.2, 0) is 27.3 Å². The van der Waals surface area contributed by atoms with E-state index in [1.807, 2.05) is 23.1 Å². The number of hydrogen-bond donors (Lipinski definition) is 0. The number of benzene rings is 1. The lowest BCUT2D eigenvalue weighted by Gasteiger charge is -2.34. The maximum atomic E-state index is 12.9. The molecule has 1 saturated heterocycles. The van der Waals surface area contributed by atoms with Crippen molar-refractivity contribution >= 4 is 17.5 Å². The topological polar surface area (TPSA) is 77.7 Å². The average molecular weight is 394 g/mol. The van der Waals surface area contributed by atoms with Gasteiger partial charge in [-0.2, -0.15) is 4.98 Å². The summed E-state index contributed by atoms with van der Waals surface area (Å²) in [4.78, 5) is 19.2. The van der Waals surface area contributed by atoms with E-state index >= 15 is 0 Å². The Morgan fingerprint density at radius 1 is 1.37 bits per heavy atom. The number of hydrogen-bond acceptors (Lipinski definition) is 6. The first-order valence-electron chi connectivity index (χ1n) is 9.10. The number of nitrogens with zero attached hydrogens (tertiary/aromatic N) is 3. The van der Waals surface area contributed by atoms with Crippen LogP contribution in [0.25, 0.3) is 0 Å². The number of aromatic nitrogens is 2. The quantitative estimate of drug-likeness (QED) is 0.641. The fraction of sp³-hybridized carbons (Fsp3) is 0.526. The molecular formula is C19H24ClN3O4. The van der Waals surface area contributed by atoms with Crippen molar-refractivity contribution in [1.29, 1.82) is 0 Å². The molecule has 3 rings (SSSR count). The van der Waals surface area contributed by atoms with Crippen molar-refractivity contribution in [2.45, 2.75) is 38.3 Å². The lowest BCUT2D eigenvalue weighted by molar-refractivity contribution is -0.134. The third kappa shape index (κ3) is 5.51. The second-order valence-corrected chi connectivity index (χ2v) is 6.93. The van der Waals surface area contributed by atoms with Crippen LogP contribution in [0.2, 0.25) is 5.02 Å². The number of amides is 1. The van der Waals surface area contributed by atoms with Crippen LogP contribution in [0.1, 0.15) is 42.6 Å². The van der Waals surface area contributed by atoms with Gasteiger partial charge in [-0.25, -0.2) is 0 Å². The molecule has 2 heterocycles. The predicted molar refractivity (Wildman–Crippen MR) is 99.3 cm³/mol. The molecule has 1 aromatic heterocycles.